The van der Waals surface area contributed by atoms with Gasteiger partial charge in [-0.3, -0.25) is 9.20 Å². The number of aryl methyl sites for hydroxylation is 1. The van der Waals surface area contributed by atoms with Crippen molar-refractivity contribution in [3.63, 3.8) is 0 Å². The number of carbonyl (C=O) groups is 1. The molecule has 0 aliphatic rings. The summed E-state index contributed by atoms with van der Waals surface area (Å²) in [6, 6.07) is 15.3. The number of pyridine rings is 1. The van der Waals surface area contributed by atoms with Crippen LogP contribution in [-0.2, 0) is 4.79 Å². The van der Waals surface area contributed by atoms with E-state index in [0.717, 1.165) is 27.9 Å². The van der Waals surface area contributed by atoms with Gasteiger partial charge in [0.05, 0.1) is 30.7 Å². The normalized spacial score (nSPS) is 11.0. The second-order valence-electron chi connectivity index (χ2n) is 6.66. The molecule has 0 atom stereocenters. The number of aromatic nitrogens is 3. The first-order valence-electron chi connectivity index (χ1n) is 9.57. The number of anilines is 1. The van der Waals surface area contributed by atoms with Crippen LogP contribution in [0.25, 0.3) is 16.6 Å². The highest BCUT2D eigenvalue weighted by Gasteiger charge is 2.15. The third-order valence-electron chi connectivity index (χ3n) is 4.63. The Hall–Kier alpha value is -3.26. The van der Waals surface area contributed by atoms with Gasteiger partial charge >= 0.3 is 0 Å². The molecule has 7 nitrogen and oxygen atoms in total. The van der Waals surface area contributed by atoms with Crippen LogP contribution in [0, 0.1) is 6.92 Å². The standard InChI is InChI=1S/C22H22N4O3S/c1-4-29-19-8-6-5-7-17(19)23-20(27)13-30-22-25-24-21-14(2)11-15-12-16(28-3)9-10-18(15)26(21)22/h5-12H,4,13H2,1-3H3,(H,23,27). The molecule has 154 valence electrons. The Kier molecular flexibility index (Phi) is 5.76. The number of rotatable bonds is 7. The van der Waals surface area contributed by atoms with Crippen LogP contribution in [0.5, 0.6) is 11.5 Å². The predicted molar refractivity (Wildman–Crippen MR) is 119 cm³/mol. The Morgan fingerprint density at radius 1 is 1.17 bits per heavy atom. The molecule has 0 spiro atoms. The molecule has 0 fully saturated rings. The fourth-order valence-electron chi connectivity index (χ4n) is 3.28. The number of nitrogens with zero attached hydrogens (tertiary/aromatic N) is 3. The maximum Gasteiger partial charge on any atom is 0.234 e. The van der Waals surface area contributed by atoms with Crippen LogP contribution in [0.1, 0.15) is 12.5 Å². The highest BCUT2D eigenvalue weighted by Crippen LogP contribution is 2.29. The number of nitrogens with one attached hydrogen (secondary N) is 1. The van der Waals surface area contributed by atoms with E-state index in [1.165, 1.54) is 11.8 Å². The Morgan fingerprint density at radius 3 is 2.80 bits per heavy atom. The lowest BCUT2D eigenvalue weighted by Crippen LogP contribution is -2.15. The molecule has 0 unspecified atom stereocenters. The quantitative estimate of drug-likeness (QED) is 0.447. The van der Waals surface area contributed by atoms with Gasteiger partial charge in [-0.25, -0.2) is 0 Å². The van der Waals surface area contributed by atoms with Gasteiger partial charge in [0, 0.05) is 5.39 Å². The van der Waals surface area contributed by atoms with Gasteiger partial charge in [0.1, 0.15) is 11.5 Å². The smallest absolute Gasteiger partial charge is 0.234 e. The molecule has 0 aliphatic heterocycles. The Balaban J connectivity index is 1.58. The van der Waals surface area contributed by atoms with Crippen molar-refractivity contribution in [2.24, 2.45) is 0 Å². The molecule has 0 bridgehead atoms. The van der Waals surface area contributed by atoms with E-state index in [0.29, 0.717) is 23.2 Å². The minimum atomic E-state index is -0.137. The molecule has 0 aliphatic carbocycles. The van der Waals surface area contributed by atoms with Gasteiger partial charge in [0.25, 0.3) is 0 Å². The molecule has 4 aromatic rings. The van der Waals surface area contributed by atoms with Gasteiger partial charge in [-0.05, 0) is 55.8 Å². The van der Waals surface area contributed by atoms with Gasteiger partial charge in [-0.2, -0.15) is 0 Å². The zero-order valence-electron chi connectivity index (χ0n) is 17.0. The van der Waals surface area contributed by atoms with Crippen molar-refractivity contribution < 1.29 is 14.3 Å². The molecule has 1 amide bonds. The number of hydrogen-bond acceptors (Lipinski definition) is 6. The van der Waals surface area contributed by atoms with Gasteiger partial charge < -0.3 is 14.8 Å². The van der Waals surface area contributed by atoms with E-state index in [1.807, 2.05) is 60.7 Å². The molecule has 2 aromatic heterocycles. The Morgan fingerprint density at radius 2 is 2.00 bits per heavy atom. The van der Waals surface area contributed by atoms with E-state index >= 15 is 0 Å². The lowest BCUT2D eigenvalue weighted by molar-refractivity contribution is -0.113. The van der Waals surface area contributed by atoms with Crippen molar-refractivity contribution in [3.8, 4) is 11.5 Å². The van der Waals surface area contributed by atoms with Gasteiger partial charge in [-0.15, -0.1) is 10.2 Å². The van der Waals surface area contributed by atoms with E-state index in [1.54, 1.807) is 7.11 Å². The summed E-state index contributed by atoms with van der Waals surface area (Å²) in [6.07, 6.45) is 0. The number of benzene rings is 2. The number of para-hydroxylation sites is 2. The third-order valence-corrected chi connectivity index (χ3v) is 5.56. The fraction of sp³-hybridized carbons (Fsp3) is 0.227. The number of methoxy groups -OCH3 is 1. The van der Waals surface area contributed by atoms with Crippen molar-refractivity contribution in [1.29, 1.82) is 0 Å². The number of amides is 1. The monoisotopic (exact) mass is 422 g/mol. The van der Waals surface area contributed by atoms with Crippen LogP contribution in [-0.4, -0.2) is 40.0 Å². The molecule has 2 heterocycles. The summed E-state index contributed by atoms with van der Waals surface area (Å²) in [4.78, 5) is 12.6. The zero-order chi connectivity index (χ0) is 21.1. The molecule has 4 rings (SSSR count). The van der Waals surface area contributed by atoms with Crippen molar-refractivity contribution in [3.05, 3.63) is 54.1 Å². The van der Waals surface area contributed by atoms with Crippen LogP contribution in [0.3, 0.4) is 0 Å². The molecule has 2 aromatic carbocycles. The predicted octanol–water partition coefficient (Wildman–Crippen LogP) is 4.33. The fourth-order valence-corrected chi connectivity index (χ4v) is 4.03. The van der Waals surface area contributed by atoms with Gasteiger partial charge in [0.15, 0.2) is 10.8 Å². The van der Waals surface area contributed by atoms with E-state index in [-0.39, 0.29) is 11.7 Å². The molecule has 1 N–H and O–H groups in total. The van der Waals surface area contributed by atoms with Crippen molar-refractivity contribution in [2.75, 3.05) is 24.8 Å². The Labute approximate surface area is 178 Å². The summed E-state index contributed by atoms with van der Waals surface area (Å²) in [7, 11) is 1.65. The number of fused-ring (bicyclic) bond motifs is 3. The minimum Gasteiger partial charge on any atom is -0.497 e. The van der Waals surface area contributed by atoms with Gasteiger partial charge in [-0.1, -0.05) is 23.9 Å². The molecule has 0 radical (unpaired) electrons. The van der Waals surface area contributed by atoms with Gasteiger partial charge in [0.2, 0.25) is 5.91 Å². The average Bonchev–Trinajstić information content (AvgIpc) is 3.18. The van der Waals surface area contributed by atoms with E-state index in [4.69, 9.17) is 9.47 Å². The van der Waals surface area contributed by atoms with E-state index < -0.39 is 0 Å². The first kappa shape index (κ1) is 20.0. The van der Waals surface area contributed by atoms with E-state index in [2.05, 4.69) is 21.6 Å². The zero-order valence-corrected chi connectivity index (χ0v) is 17.8. The summed E-state index contributed by atoms with van der Waals surface area (Å²) in [5.41, 5.74) is 3.40. The molecule has 0 saturated heterocycles. The molecule has 0 saturated carbocycles. The van der Waals surface area contributed by atoms with Crippen molar-refractivity contribution >= 4 is 39.9 Å². The summed E-state index contributed by atoms with van der Waals surface area (Å²) >= 11 is 1.34. The largest absolute Gasteiger partial charge is 0.497 e. The first-order valence-corrected chi connectivity index (χ1v) is 10.6. The third kappa shape index (κ3) is 3.91. The van der Waals surface area contributed by atoms with Crippen molar-refractivity contribution in [1.82, 2.24) is 14.6 Å². The molecular formula is C22H22N4O3S. The topological polar surface area (TPSA) is 77.8 Å². The number of ether oxygens (including phenoxy) is 2. The van der Waals surface area contributed by atoms with E-state index in [9.17, 15) is 4.79 Å². The maximum absolute atomic E-state index is 12.6. The summed E-state index contributed by atoms with van der Waals surface area (Å²) in [5, 5.41) is 13.2. The van der Waals surface area contributed by atoms with Crippen LogP contribution < -0.4 is 14.8 Å². The van der Waals surface area contributed by atoms with Crippen LogP contribution >= 0.6 is 11.8 Å². The number of thioether (sulfide) groups is 1. The highest BCUT2D eigenvalue weighted by atomic mass is 32.2. The Bertz CT molecular complexity index is 1220. The number of hydrogen-bond donors (Lipinski definition) is 1. The maximum atomic E-state index is 12.6. The summed E-state index contributed by atoms with van der Waals surface area (Å²) in [5.74, 6) is 1.51. The van der Waals surface area contributed by atoms with Crippen LogP contribution in [0.4, 0.5) is 5.69 Å². The first-order chi connectivity index (χ1) is 14.6. The lowest BCUT2D eigenvalue weighted by atomic mass is 10.1. The number of carbonyl (C=O) groups excluding carboxylic acids is 1. The summed E-state index contributed by atoms with van der Waals surface area (Å²) in [6.45, 7) is 4.44. The minimum absolute atomic E-state index is 0.137. The van der Waals surface area contributed by atoms with Crippen molar-refractivity contribution in [2.45, 2.75) is 19.0 Å². The lowest BCUT2D eigenvalue weighted by Gasteiger charge is -2.11. The van der Waals surface area contributed by atoms with Crippen LogP contribution in [0.2, 0.25) is 0 Å². The van der Waals surface area contributed by atoms with Crippen LogP contribution in [0.15, 0.2) is 53.7 Å². The highest BCUT2D eigenvalue weighted by molar-refractivity contribution is 7.99. The SMILES string of the molecule is CCOc1ccccc1NC(=O)CSc1nnc2c(C)cc3cc(OC)ccc3n12. The molecule has 30 heavy (non-hydrogen) atoms. The summed E-state index contributed by atoms with van der Waals surface area (Å²) < 4.78 is 12.9. The average molecular weight is 423 g/mol. The second-order valence-corrected chi connectivity index (χ2v) is 7.60. The molecule has 8 heteroatoms. The molecular weight excluding hydrogens is 400 g/mol. The second kappa shape index (κ2) is 8.62.